The van der Waals surface area contributed by atoms with Crippen LogP contribution in [0.5, 0.6) is 0 Å². The number of nitrogens with zero attached hydrogens (tertiary/aromatic N) is 2. The minimum atomic E-state index is -0.234. The number of benzene rings is 1. The van der Waals surface area contributed by atoms with E-state index >= 15 is 0 Å². The fraction of sp³-hybridized carbons (Fsp3) is 0.444. The first kappa shape index (κ1) is 18.8. The number of hydrogen-bond acceptors (Lipinski definition) is 2. The Morgan fingerprint density at radius 2 is 1.92 bits per heavy atom. The highest BCUT2D eigenvalue weighted by molar-refractivity contribution is 6.42. The van der Waals surface area contributed by atoms with Crippen LogP contribution in [0.4, 0.5) is 0 Å². The minimum absolute atomic E-state index is 0.00990. The van der Waals surface area contributed by atoms with E-state index in [2.05, 4.69) is 24.3 Å². The Hall–Kier alpha value is -1.52. The van der Waals surface area contributed by atoms with Crippen LogP contribution in [0.1, 0.15) is 37.2 Å². The van der Waals surface area contributed by atoms with Crippen molar-refractivity contribution in [1.82, 2.24) is 15.1 Å². The molecule has 0 saturated heterocycles. The van der Waals surface area contributed by atoms with Gasteiger partial charge in [-0.25, -0.2) is 0 Å². The normalized spacial score (nSPS) is 11.6. The van der Waals surface area contributed by atoms with E-state index < -0.39 is 0 Å². The van der Waals surface area contributed by atoms with E-state index in [4.69, 9.17) is 23.2 Å². The zero-order chi connectivity index (χ0) is 17.9. The van der Waals surface area contributed by atoms with Crippen LogP contribution in [0.3, 0.4) is 0 Å². The molecule has 0 spiro atoms. The molecule has 130 valence electrons. The summed E-state index contributed by atoms with van der Waals surface area (Å²) >= 11 is 12.1. The van der Waals surface area contributed by atoms with E-state index in [9.17, 15) is 4.79 Å². The van der Waals surface area contributed by atoms with Gasteiger partial charge in [0.1, 0.15) is 0 Å². The molecule has 0 atom stereocenters. The Balaban J connectivity index is 1.90. The van der Waals surface area contributed by atoms with Crippen molar-refractivity contribution in [2.75, 3.05) is 6.54 Å². The average molecular weight is 368 g/mol. The standard InChI is InChI=1S/C18H23Cl2N3O/c1-12-9-13(2)23(22-12)8-7-17(24)21-11-18(3,4)14-5-6-15(19)16(20)10-14/h5-6,9-10H,7-8,11H2,1-4H3,(H,21,24). The van der Waals surface area contributed by atoms with Crippen molar-refractivity contribution in [3.8, 4) is 0 Å². The highest BCUT2D eigenvalue weighted by Crippen LogP contribution is 2.29. The van der Waals surface area contributed by atoms with Gasteiger partial charge in [-0.15, -0.1) is 0 Å². The topological polar surface area (TPSA) is 46.9 Å². The number of halogens is 2. The molecule has 1 amide bonds. The van der Waals surface area contributed by atoms with Gasteiger partial charge in [-0.3, -0.25) is 9.48 Å². The van der Waals surface area contributed by atoms with Crippen molar-refractivity contribution < 1.29 is 4.79 Å². The second kappa shape index (κ2) is 7.58. The summed E-state index contributed by atoms with van der Waals surface area (Å²) in [5.74, 6) is 0.00990. The Morgan fingerprint density at radius 3 is 2.50 bits per heavy atom. The molecule has 1 aromatic heterocycles. The maximum Gasteiger partial charge on any atom is 0.221 e. The van der Waals surface area contributed by atoms with Crippen LogP contribution >= 0.6 is 23.2 Å². The van der Waals surface area contributed by atoms with Crippen molar-refractivity contribution in [2.24, 2.45) is 0 Å². The molecule has 2 aromatic rings. The van der Waals surface area contributed by atoms with E-state index in [0.717, 1.165) is 17.0 Å². The van der Waals surface area contributed by atoms with Crippen molar-refractivity contribution in [1.29, 1.82) is 0 Å². The minimum Gasteiger partial charge on any atom is -0.355 e. The number of rotatable bonds is 6. The lowest BCUT2D eigenvalue weighted by Crippen LogP contribution is -2.37. The van der Waals surface area contributed by atoms with Gasteiger partial charge in [0.15, 0.2) is 0 Å². The Labute approximate surface area is 153 Å². The van der Waals surface area contributed by atoms with Crippen molar-refractivity contribution >= 4 is 29.1 Å². The third-order valence-electron chi connectivity index (χ3n) is 4.08. The van der Waals surface area contributed by atoms with Crippen molar-refractivity contribution in [3.05, 3.63) is 51.3 Å². The third-order valence-corrected chi connectivity index (χ3v) is 4.82. The predicted molar refractivity (Wildman–Crippen MR) is 98.8 cm³/mol. The third kappa shape index (κ3) is 4.74. The van der Waals surface area contributed by atoms with Gasteiger partial charge in [0.2, 0.25) is 5.91 Å². The van der Waals surface area contributed by atoms with E-state index in [-0.39, 0.29) is 11.3 Å². The fourth-order valence-electron chi connectivity index (χ4n) is 2.54. The Morgan fingerprint density at radius 1 is 1.21 bits per heavy atom. The molecule has 0 aliphatic rings. The molecule has 0 aliphatic heterocycles. The molecule has 1 aromatic carbocycles. The molecule has 6 heteroatoms. The summed E-state index contributed by atoms with van der Waals surface area (Å²) < 4.78 is 1.86. The summed E-state index contributed by atoms with van der Waals surface area (Å²) in [6, 6.07) is 7.58. The largest absolute Gasteiger partial charge is 0.355 e. The molecule has 0 fully saturated rings. The first-order valence-corrected chi connectivity index (χ1v) is 8.68. The molecule has 1 N–H and O–H groups in total. The van der Waals surface area contributed by atoms with Gasteiger partial charge >= 0.3 is 0 Å². The number of aryl methyl sites for hydroxylation is 3. The average Bonchev–Trinajstić information content (AvgIpc) is 2.83. The first-order chi connectivity index (χ1) is 11.2. The summed E-state index contributed by atoms with van der Waals surface area (Å²) in [5, 5.41) is 8.42. The summed E-state index contributed by atoms with van der Waals surface area (Å²) in [4.78, 5) is 12.1. The highest BCUT2D eigenvalue weighted by atomic mass is 35.5. The fourth-order valence-corrected chi connectivity index (χ4v) is 2.83. The lowest BCUT2D eigenvalue weighted by Gasteiger charge is -2.26. The maximum absolute atomic E-state index is 12.1. The molecule has 0 radical (unpaired) electrons. The van der Waals surface area contributed by atoms with E-state index in [0.29, 0.717) is 29.6 Å². The van der Waals surface area contributed by atoms with Crippen molar-refractivity contribution in [2.45, 2.75) is 46.1 Å². The van der Waals surface area contributed by atoms with Gasteiger partial charge in [0, 0.05) is 30.6 Å². The molecule has 0 bridgehead atoms. The molecule has 0 aliphatic carbocycles. The molecule has 0 unspecified atom stereocenters. The monoisotopic (exact) mass is 367 g/mol. The second-order valence-corrected chi connectivity index (χ2v) is 7.50. The van der Waals surface area contributed by atoms with E-state index in [1.54, 1.807) is 6.07 Å². The van der Waals surface area contributed by atoms with Gasteiger partial charge in [0.25, 0.3) is 0 Å². The summed E-state index contributed by atoms with van der Waals surface area (Å²) in [6.45, 7) is 9.18. The van der Waals surface area contributed by atoms with Crippen LogP contribution in [-0.4, -0.2) is 22.2 Å². The molecule has 4 nitrogen and oxygen atoms in total. The van der Waals surface area contributed by atoms with Crippen molar-refractivity contribution in [3.63, 3.8) is 0 Å². The second-order valence-electron chi connectivity index (χ2n) is 6.69. The van der Waals surface area contributed by atoms with E-state index in [1.807, 2.05) is 36.7 Å². The highest BCUT2D eigenvalue weighted by Gasteiger charge is 2.22. The number of carbonyl (C=O) groups excluding carboxylic acids is 1. The summed E-state index contributed by atoms with van der Waals surface area (Å²) in [5.41, 5.74) is 2.84. The predicted octanol–water partition coefficient (Wildman–Crippen LogP) is 4.29. The zero-order valence-corrected chi connectivity index (χ0v) is 16.0. The lowest BCUT2D eigenvalue weighted by atomic mass is 9.84. The first-order valence-electron chi connectivity index (χ1n) is 7.92. The molecular weight excluding hydrogens is 345 g/mol. The summed E-state index contributed by atoms with van der Waals surface area (Å²) in [6.07, 6.45) is 0.402. The van der Waals surface area contributed by atoms with Gasteiger partial charge in [-0.05, 0) is 37.6 Å². The molecule has 24 heavy (non-hydrogen) atoms. The summed E-state index contributed by atoms with van der Waals surface area (Å²) in [7, 11) is 0. The molecule has 2 rings (SSSR count). The van der Waals surface area contributed by atoms with Gasteiger partial charge in [0.05, 0.1) is 15.7 Å². The van der Waals surface area contributed by atoms with Crippen LogP contribution in [0.2, 0.25) is 10.0 Å². The number of aromatic nitrogens is 2. The number of carbonyl (C=O) groups is 1. The SMILES string of the molecule is Cc1cc(C)n(CCC(=O)NCC(C)(C)c2ccc(Cl)c(Cl)c2)n1. The van der Waals surface area contributed by atoms with Crippen LogP contribution < -0.4 is 5.32 Å². The smallest absolute Gasteiger partial charge is 0.221 e. The quantitative estimate of drug-likeness (QED) is 0.827. The maximum atomic E-state index is 12.1. The van der Waals surface area contributed by atoms with Crippen LogP contribution in [0.25, 0.3) is 0 Å². The number of hydrogen-bond donors (Lipinski definition) is 1. The van der Waals surface area contributed by atoms with Gasteiger partial charge in [-0.1, -0.05) is 43.1 Å². The molecular formula is C18H23Cl2N3O. The van der Waals surface area contributed by atoms with Crippen LogP contribution in [-0.2, 0) is 16.8 Å². The zero-order valence-electron chi connectivity index (χ0n) is 14.5. The van der Waals surface area contributed by atoms with Gasteiger partial charge in [-0.2, -0.15) is 5.10 Å². The Bertz CT molecular complexity index is 738. The Kier molecular flexibility index (Phi) is 5.94. The number of nitrogens with one attached hydrogen (secondary N) is 1. The molecule has 0 saturated carbocycles. The van der Waals surface area contributed by atoms with E-state index in [1.165, 1.54) is 0 Å². The van der Waals surface area contributed by atoms with Crippen LogP contribution in [0.15, 0.2) is 24.3 Å². The lowest BCUT2D eigenvalue weighted by molar-refractivity contribution is -0.121. The van der Waals surface area contributed by atoms with Gasteiger partial charge < -0.3 is 5.32 Å². The number of amides is 1. The molecule has 1 heterocycles. The van der Waals surface area contributed by atoms with Crippen LogP contribution in [0, 0.1) is 13.8 Å².